The summed E-state index contributed by atoms with van der Waals surface area (Å²) in [5, 5.41) is 17.2. The number of benzene rings is 4. The number of hydrogen-bond donors (Lipinski definition) is 4. The van der Waals surface area contributed by atoms with Crippen molar-refractivity contribution in [2.45, 2.75) is 120 Å². The molecule has 0 heterocycles. The molecule has 0 spiro atoms. The van der Waals surface area contributed by atoms with Crippen LogP contribution >= 0.6 is 0 Å². The lowest BCUT2D eigenvalue weighted by atomic mass is 9.63. The summed E-state index contributed by atoms with van der Waals surface area (Å²) in [7, 11) is 0.265. The monoisotopic (exact) mass is 840 g/mol. The Hall–Kier alpha value is -4.94. The van der Waals surface area contributed by atoms with Crippen LogP contribution < -0.4 is 25.0 Å². The highest BCUT2D eigenvalue weighted by Gasteiger charge is 2.37. The molecule has 0 fully saturated rings. The molecule has 1 aliphatic carbocycles. The van der Waals surface area contributed by atoms with E-state index in [1.165, 1.54) is 23.3 Å². The van der Waals surface area contributed by atoms with Crippen molar-refractivity contribution in [1.29, 1.82) is 0 Å². The van der Waals surface area contributed by atoms with Gasteiger partial charge in [0.25, 0.3) is 5.91 Å². The first-order valence-electron chi connectivity index (χ1n) is 21.4. The number of carbonyl (C=O) groups excluding carboxylic acids is 2. The van der Waals surface area contributed by atoms with Gasteiger partial charge in [-0.1, -0.05) is 96.6 Å². The van der Waals surface area contributed by atoms with Crippen molar-refractivity contribution in [2.75, 3.05) is 44.0 Å². The average molecular weight is 841 g/mol. The third-order valence-corrected chi connectivity index (χ3v) is 13.3. The van der Waals surface area contributed by atoms with Crippen LogP contribution in [0, 0.1) is 0 Å². The Bertz CT molecular complexity index is 2250. The second-order valence-corrected chi connectivity index (χ2v) is 19.3. The molecule has 11 nitrogen and oxygen atoms in total. The summed E-state index contributed by atoms with van der Waals surface area (Å²) < 4.78 is 34.9. The number of carboxylic acids is 1. The van der Waals surface area contributed by atoms with E-state index < -0.39 is 16.0 Å². The lowest BCUT2D eigenvalue weighted by molar-refractivity contribution is -0.121. The fourth-order valence-electron chi connectivity index (χ4n) is 8.04. The zero-order chi connectivity index (χ0) is 43.5. The van der Waals surface area contributed by atoms with Crippen molar-refractivity contribution in [1.82, 2.24) is 10.0 Å². The van der Waals surface area contributed by atoms with E-state index in [0.717, 1.165) is 75.3 Å². The molecule has 0 aromatic heterocycles. The van der Waals surface area contributed by atoms with Gasteiger partial charge in [0, 0.05) is 67.4 Å². The number of nitrogens with one attached hydrogen (secondary N) is 3. The van der Waals surface area contributed by atoms with E-state index in [4.69, 9.17) is 4.74 Å². The van der Waals surface area contributed by atoms with Crippen molar-refractivity contribution in [2.24, 2.45) is 0 Å². The van der Waals surface area contributed by atoms with Crippen LogP contribution in [0.15, 0.2) is 77.7 Å². The number of ether oxygens (including phenoxy) is 1. The maximum absolute atomic E-state index is 13.3. The highest BCUT2D eigenvalue weighted by atomic mass is 32.2. The zero-order valence-corrected chi connectivity index (χ0v) is 37.1. The molecule has 2 amide bonds. The third-order valence-electron chi connectivity index (χ3n) is 11.7. The predicted octanol–water partition coefficient (Wildman–Crippen LogP) is 9.58. The van der Waals surface area contributed by atoms with E-state index in [-0.39, 0.29) is 40.6 Å². The van der Waals surface area contributed by atoms with E-state index >= 15 is 0 Å². The van der Waals surface area contributed by atoms with Gasteiger partial charge < -0.3 is 25.4 Å². The molecule has 5 rings (SSSR count). The average Bonchev–Trinajstić information content (AvgIpc) is 3.20. The fraction of sp³-hybridized carbons (Fsp3) is 0.479. The first kappa shape index (κ1) is 46.1. The van der Waals surface area contributed by atoms with Crippen molar-refractivity contribution in [3.63, 3.8) is 0 Å². The zero-order valence-electron chi connectivity index (χ0n) is 36.3. The lowest BCUT2D eigenvalue weighted by Crippen LogP contribution is -2.34. The van der Waals surface area contributed by atoms with Crippen molar-refractivity contribution >= 4 is 50.0 Å². The third kappa shape index (κ3) is 12.1. The van der Waals surface area contributed by atoms with Gasteiger partial charge in [0.1, 0.15) is 11.3 Å². The highest BCUT2D eigenvalue weighted by Crippen LogP contribution is 2.46. The number of nitrogens with zero attached hydrogens (tertiary/aromatic N) is 1. The number of fused-ring (bicyclic) bond motifs is 2. The first-order valence-corrected chi connectivity index (χ1v) is 22.9. The summed E-state index contributed by atoms with van der Waals surface area (Å²) in [6.07, 6.45) is 10.8. The highest BCUT2D eigenvalue weighted by molar-refractivity contribution is 7.89. The Morgan fingerprint density at radius 3 is 2.08 bits per heavy atom. The smallest absolute Gasteiger partial charge is 0.339 e. The maximum atomic E-state index is 13.3. The number of anilines is 2. The van der Waals surface area contributed by atoms with Crippen molar-refractivity contribution in [3.8, 4) is 5.75 Å². The Morgan fingerprint density at radius 2 is 1.38 bits per heavy atom. The van der Waals surface area contributed by atoms with Crippen LogP contribution in [0.4, 0.5) is 11.4 Å². The second-order valence-electron chi connectivity index (χ2n) is 17.5. The van der Waals surface area contributed by atoms with Crippen molar-refractivity contribution < 1.29 is 32.6 Å². The van der Waals surface area contributed by atoms with Crippen molar-refractivity contribution in [3.05, 3.63) is 95.1 Å². The molecule has 0 unspecified atom stereocenters. The Kier molecular flexibility index (Phi) is 15.8. The lowest BCUT2D eigenvalue weighted by Gasteiger charge is -2.42. The van der Waals surface area contributed by atoms with Gasteiger partial charge in [0.15, 0.2) is 0 Å². The molecule has 12 heteroatoms. The Labute approximate surface area is 356 Å². The normalized spacial score (nSPS) is 14.3. The van der Waals surface area contributed by atoms with Gasteiger partial charge in [0.2, 0.25) is 15.9 Å². The predicted molar refractivity (Wildman–Crippen MR) is 241 cm³/mol. The quantitative estimate of drug-likeness (QED) is 0.0571. The molecule has 0 saturated carbocycles. The molecular formula is C48H64N4O7S. The summed E-state index contributed by atoms with van der Waals surface area (Å²) in [6.45, 7) is 9.90. The number of carboxylic acid groups (broad SMARTS) is 1. The number of amides is 2. The number of carbonyl (C=O) groups is 3. The number of hydrogen-bond acceptors (Lipinski definition) is 7. The van der Waals surface area contributed by atoms with Gasteiger partial charge in [-0.25, -0.2) is 17.9 Å². The summed E-state index contributed by atoms with van der Waals surface area (Å²) in [4.78, 5) is 39.9. The molecule has 4 N–H and O–H groups in total. The van der Waals surface area contributed by atoms with Crippen LogP contribution in [-0.4, -0.2) is 65.1 Å². The molecule has 4 aromatic rings. The van der Waals surface area contributed by atoms with Gasteiger partial charge in [0.05, 0.1) is 11.5 Å². The molecule has 1 aliphatic rings. The molecule has 324 valence electrons. The fourth-order valence-corrected chi connectivity index (χ4v) is 9.34. The van der Waals surface area contributed by atoms with E-state index in [0.29, 0.717) is 47.5 Å². The van der Waals surface area contributed by atoms with Crippen LogP contribution in [0.25, 0.3) is 10.8 Å². The molecule has 0 radical (unpaired) electrons. The molecule has 0 aliphatic heterocycles. The minimum Gasteiger partial charge on any atom is -0.493 e. The van der Waals surface area contributed by atoms with Crippen LogP contribution in [0.5, 0.6) is 5.75 Å². The van der Waals surface area contributed by atoms with Gasteiger partial charge >= 0.3 is 5.97 Å². The SMILES string of the molecule is CN(C)c1cccc2c(S(=O)(=O)NCCCCCCCCCCC(=O)NCCCOc3cc(NC(=O)c4ccc5c(c4)C(C)(C)CCC5(C)C)ccc3C(=O)O)cccc12. The van der Waals surface area contributed by atoms with Gasteiger partial charge in [-0.05, 0) is 90.5 Å². The Morgan fingerprint density at radius 1 is 0.733 bits per heavy atom. The molecule has 0 bridgehead atoms. The van der Waals surface area contributed by atoms with Crippen LogP contribution in [0.2, 0.25) is 0 Å². The van der Waals surface area contributed by atoms with E-state index in [1.807, 2.05) is 55.4 Å². The Balaban J connectivity index is 0.935. The number of aromatic carboxylic acids is 1. The molecule has 0 atom stereocenters. The summed E-state index contributed by atoms with van der Waals surface area (Å²) in [5.74, 6) is -1.28. The van der Waals surface area contributed by atoms with Gasteiger partial charge in [-0.2, -0.15) is 0 Å². The molecule has 0 saturated heterocycles. The van der Waals surface area contributed by atoms with Crippen LogP contribution in [0.3, 0.4) is 0 Å². The largest absolute Gasteiger partial charge is 0.493 e. The van der Waals surface area contributed by atoms with Crippen LogP contribution in [-0.2, 0) is 25.6 Å². The number of unbranched alkanes of at least 4 members (excludes halogenated alkanes) is 7. The van der Waals surface area contributed by atoms with E-state index in [1.54, 1.807) is 18.2 Å². The number of sulfonamides is 1. The molecule has 60 heavy (non-hydrogen) atoms. The minimum absolute atomic E-state index is 0.00556. The van der Waals surface area contributed by atoms with Gasteiger partial charge in [-0.15, -0.1) is 0 Å². The molecule has 4 aromatic carbocycles. The first-order chi connectivity index (χ1) is 28.5. The standard InChI is InChI=1S/C48H64N4O7S/c1-47(2)27-28-48(3,4)40-32-34(23-26-39(40)47)45(54)51-35-24-25-38(46(55)56)42(33-35)59-31-17-29-49-44(53)22-13-11-9-7-8-10-12-14-30-50-60(57,58)43-21-16-18-36-37(43)19-15-20-41(36)52(5)6/h15-16,18-21,23-26,32-33,50H,7-14,17,22,27-31H2,1-6H3,(H,49,53)(H,51,54)(H,55,56). The maximum Gasteiger partial charge on any atom is 0.339 e. The van der Waals surface area contributed by atoms with E-state index in [2.05, 4.69) is 49.1 Å². The van der Waals surface area contributed by atoms with Gasteiger partial charge in [-0.3, -0.25) is 9.59 Å². The summed E-state index contributed by atoms with van der Waals surface area (Å²) in [5.41, 5.74) is 4.40. The summed E-state index contributed by atoms with van der Waals surface area (Å²) >= 11 is 0. The molecular weight excluding hydrogens is 777 g/mol. The topological polar surface area (TPSA) is 154 Å². The van der Waals surface area contributed by atoms with Crippen LogP contribution in [0.1, 0.15) is 137 Å². The number of rotatable bonds is 22. The van der Waals surface area contributed by atoms with E-state index in [9.17, 15) is 27.9 Å². The summed E-state index contributed by atoms with van der Waals surface area (Å²) in [6, 6.07) is 21.5. The second kappa shape index (κ2) is 20.5. The minimum atomic E-state index is -3.63.